The van der Waals surface area contributed by atoms with Crippen LogP contribution in [-0.4, -0.2) is 236 Å². The van der Waals surface area contributed by atoms with Crippen molar-refractivity contribution in [2.45, 2.75) is 200 Å². The quantitative estimate of drug-likeness (QED) is 0.00393. The van der Waals surface area contributed by atoms with Crippen molar-refractivity contribution in [1.82, 2.24) is 86.2 Å². The molecule has 3 aliphatic rings. The van der Waals surface area contributed by atoms with Crippen molar-refractivity contribution in [3.05, 3.63) is 160 Å². The van der Waals surface area contributed by atoms with Crippen LogP contribution in [0, 0.1) is 59.3 Å². The van der Waals surface area contributed by atoms with Gasteiger partial charge < -0.3 is 73.3 Å². The fourth-order valence-electron chi connectivity index (χ4n) is 10.9. The van der Waals surface area contributed by atoms with Gasteiger partial charge >= 0.3 is 65.7 Å². The lowest BCUT2D eigenvalue weighted by Crippen LogP contribution is -2.37. The molecule has 12 N–H and O–H groups in total. The zero-order chi connectivity index (χ0) is 103. The van der Waals surface area contributed by atoms with Crippen LogP contribution in [0.15, 0.2) is 73.2 Å². The third-order valence-corrected chi connectivity index (χ3v) is 21.0. The minimum absolute atomic E-state index is 0. The van der Waals surface area contributed by atoms with Crippen molar-refractivity contribution in [2.75, 3.05) is 83.3 Å². The first-order valence-corrected chi connectivity index (χ1v) is 46.6. The number of carboxylic acid groups (broad SMARTS) is 1. The highest BCUT2D eigenvalue weighted by Gasteiger charge is 2.42. The highest BCUT2D eigenvalue weighted by atomic mass is 35.5. The molecule has 140 heavy (non-hydrogen) atoms. The van der Waals surface area contributed by atoms with E-state index in [9.17, 15) is 57.5 Å². The van der Waals surface area contributed by atoms with Crippen molar-refractivity contribution in [1.29, 1.82) is 0 Å². The second-order valence-electron chi connectivity index (χ2n) is 30.2. The van der Waals surface area contributed by atoms with E-state index in [0.717, 1.165) is 64.7 Å². The molecule has 12 rings (SSSR count). The number of Topliss-reactive ketones (excluding diaryl/α,β-unsaturated/α-hetero) is 1. The van der Waals surface area contributed by atoms with E-state index in [4.69, 9.17) is 45.1 Å². The average Bonchev–Trinajstić information content (AvgIpc) is 1.66. The molecule has 764 valence electrons. The maximum atomic E-state index is 13.2. The summed E-state index contributed by atoms with van der Waals surface area (Å²) in [5.41, 5.74) is 7.73. The summed E-state index contributed by atoms with van der Waals surface area (Å²) in [4.78, 5) is 171. The van der Waals surface area contributed by atoms with Crippen molar-refractivity contribution in [2.24, 2.45) is 35.3 Å². The van der Waals surface area contributed by atoms with Crippen LogP contribution in [0.5, 0.6) is 17.6 Å². The van der Waals surface area contributed by atoms with E-state index in [2.05, 4.69) is 164 Å². The molecule has 0 aliphatic heterocycles. The first-order valence-electron chi connectivity index (χ1n) is 43.8. The van der Waals surface area contributed by atoms with Crippen LogP contribution in [0.2, 0.25) is 5.15 Å². The monoisotopic (exact) mass is 2030 g/mol. The minimum Gasteiger partial charge on any atom is -0.481 e. The molecule has 3 fully saturated rings. The van der Waals surface area contributed by atoms with E-state index in [1.807, 2.05) is 53.2 Å². The molecule has 9 aromatic rings. The van der Waals surface area contributed by atoms with Crippen LogP contribution in [0.1, 0.15) is 229 Å². The first-order chi connectivity index (χ1) is 66.2. The fraction of sp³-hybridized carbons (Fsp3) is 0.494. The minimum atomic E-state index is -0.958. The molecule has 0 aromatic carbocycles. The number of rotatable bonds is 32. The van der Waals surface area contributed by atoms with E-state index >= 15 is 0 Å². The zero-order valence-electron chi connectivity index (χ0n) is 81.4. The Morgan fingerprint density at radius 1 is 0.486 bits per heavy atom. The van der Waals surface area contributed by atoms with E-state index in [1.54, 1.807) is 114 Å². The number of nitrogens with zero attached hydrogens (tertiary/aromatic N) is 16. The number of halogens is 1. The molecule has 0 spiro atoms. The van der Waals surface area contributed by atoms with Crippen molar-refractivity contribution in [3.8, 4) is 17.6 Å². The Hall–Kier alpha value is -13.7. The van der Waals surface area contributed by atoms with Gasteiger partial charge in [0, 0.05) is 102 Å². The lowest BCUT2D eigenvalue weighted by atomic mass is 10.2. The van der Waals surface area contributed by atoms with Gasteiger partial charge in [-0.2, -0.15) is 15.0 Å². The lowest BCUT2D eigenvalue weighted by molar-refractivity contribution is -0.167. The molecule has 9 heterocycles. The van der Waals surface area contributed by atoms with Gasteiger partial charge in [0.1, 0.15) is 54.9 Å². The number of ether oxygens (including phenoxy) is 11. The highest BCUT2D eigenvalue weighted by molar-refractivity contribution is 7.13. The topological polar surface area (TPSA) is 669 Å². The van der Waals surface area contributed by atoms with Gasteiger partial charge in [-0.25, -0.2) is 59.2 Å². The van der Waals surface area contributed by atoms with E-state index in [1.165, 1.54) is 45.8 Å². The normalized spacial score (nSPS) is 14.3. The largest absolute Gasteiger partial charge is 0.481 e. The Kier molecular flexibility index (Phi) is 54.9. The first kappa shape index (κ1) is 121. The van der Waals surface area contributed by atoms with Crippen molar-refractivity contribution < 1.29 is 120 Å². The van der Waals surface area contributed by atoms with Crippen molar-refractivity contribution >= 4 is 129 Å². The summed E-state index contributed by atoms with van der Waals surface area (Å²) in [6.07, 6.45) is 9.63. The summed E-state index contributed by atoms with van der Waals surface area (Å²) in [6.45, 7) is 35.2. The lowest BCUT2D eigenvalue weighted by Gasteiger charge is -2.26. The fourth-order valence-corrected chi connectivity index (χ4v) is 13.2. The predicted molar refractivity (Wildman–Crippen MR) is 510 cm³/mol. The number of pyridine rings is 3. The number of amides is 3. The summed E-state index contributed by atoms with van der Waals surface area (Å²) in [6, 6.07) is 17.5. The highest BCUT2D eigenvalue weighted by Crippen LogP contribution is 2.49. The Balaban J connectivity index is 0.000000440. The summed E-state index contributed by atoms with van der Waals surface area (Å²) < 4.78 is 55.0. The number of hydrogen-bond acceptors (Lipinski definition) is 45. The Morgan fingerprint density at radius 2 is 0.871 bits per heavy atom. The molecule has 47 nitrogen and oxygen atoms in total. The number of hydrazine groups is 2. The third kappa shape index (κ3) is 45.7. The van der Waals surface area contributed by atoms with Gasteiger partial charge in [0.2, 0.25) is 32.7 Å². The molecule has 3 amide bonds. The summed E-state index contributed by atoms with van der Waals surface area (Å²) in [7, 11) is 1.31. The molecule has 51 heteroatoms. The zero-order valence-corrected chi connectivity index (χ0v) is 84.7. The van der Waals surface area contributed by atoms with Crippen LogP contribution in [0.4, 0.5) is 16.4 Å². The van der Waals surface area contributed by atoms with E-state index in [-0.39, 0.29) is 79.8 Å². The van der Waals surface area contributed by atoms with Gasteiger partial charge in [-0.15, -0.1) is 30.6 Å². The second kappa shape index (κ2) is 63.8. The number of nitrogens with two attached hydrogens (primary N) is 3. The van der Waals surface area contributed by atoms with E-state index < -0.39 is 65.3 Å². The Bertz CT molecular complexity index is 5390. The number of aromatic nitrogens is 15. The maximum Gasteiger partial charge on any atom is 0.417 e. The van der Waals surface area contributed by atoms with Gasteiger partial charge in [-0.05, 0) is 164 Å². The van der Waals surface area contributed by atoms with Crippen molar-refractivity contribution in [3.63, 3.8) is 0 Å². The van der Waals surface area contributed by atoms with Crippen LogP contribution in [-0.2, 0) is 95.8 Å². The second-order valence-corrected chi connectivity index (χ2v) is 33.8. The number of hydrogen-bond donors (Lipinski definition) is 7. The number of aryl methyl sites for hydroxylation is 7. The molecule has 3 aliphatic carbocycles. The summed E-state index contributed by atoms with van der Waals surface area (Å²) >= 11 is 9.38. The number of carbonyl (C=O) groups excluding carboxylic acids is 11. The number of aliphatic carboxylic acids is 1. The molecular weight excluding hydrogens is 1910 g/mol. The molecule has 0 saturated heterocycles. The third-order valence-electron chi connectivity index (χ3n) is 17.9. The molecular formula is C89H123ClN22O25S3. The predicted octanol–water partition coefficient (Wildman–Crippen LogP) is 8.94. The molecule has 9 aromatic heterocycles. The number of methoxy groups -OCH3 is 1. The smallest absolute Gasteiger partial charge is 0.417 e. The summed E-state index contributed by atoms with van der Waals surface area (Å²) in [5.74, 6) is 11.4. The van der Waals surface area contributed by atoms with Crippen LogP contribution in [0.3, 0.4) is 0 Å². The maximum absolute atomic E-state index is 13.2. The summed E-state index contributed by atoms with van der Waals surface area (Å²) in [5, 5.41) is 39.3. The van der Waals surface area contributed by atoms with Crippen LogP contribution in [0.25, 0.3) is 0 Å². The Morgan fingerprint density at radius 3 is 1.26 bits per heavy atom. The molecule has 0 bridgehead atoms. The van der Waals surface area contributed by atoms with Gasteiger partial charge in [-0.3, -0.25) is 56.1 Å². The van der Waals surface area contributed by atoms with Crippen LogP contribution >= 0.6 is 45.6 Å². The van der Waals surface area contributed by atoms with Crippen LogP contribution < -0.4 is 52.7 Å². The Labute approximate surface area is 826 Å². The number of ketones is 1. The molecule has 3 saturated carbocycles. The number of esters is 7. The SMILES string of the molecule is CCC(=O)O.CCOC(=O)C(=O)NCC(=O)CC.CCOC(=O)C(=O)NN.CCOC(=O)C(=O)OCC.CCOC(=O)c1nnc(CC)s1.CCOC(=O)c1nnc(CN(C(=O)OC(C)(C)C)c2cc(OC[C@H]3C[C@@H]3c3ccc(C)cn3)nc(C)n2)s1.COC(=O)c1nnc(CNc2cc(OC[C@H]3C[C@@H]3c3ccc(C)cn3)nc(C)n2)s1.Cc1ccc([C@H]2C[C@@H]2COc2cc(Cl)nc(C)n2)nc1.NN.O. The average molecular weight is 2030 g/mol. The molecule has 0 unspecified atom stereocenters. The number of nitrogens with one attached hydrogen (secondary N) is 3. The van der Waals surface area contributed by atoms with Gasteiger partial charge in [0.25, 0.3) is 0 Å². The van der Waals surface area contributed by atoms with Gasteiger partial charge in [0.15, 0.2) is 5.78 Å². The number of carbonyl (C=O) groups is 12. The molecule has 0 radical (unpaired) electrons. The van der Waals surface area contributed by atoms with Gasteiger partial charge in [-0.1, -0.05) is 84.6 Å². The number of carboxylic acids is 1. The van der Waals surface area contributed by atoms with Gasteiger partial charge in [0.05, 0.1) is 86.2 Å². The number of anilines is 2. The van der Waals surface area contributed by atoms with E-state index in [0.29, 0.717) is 142 Å². The molecule has 6 atom stereocenters. The standard InChI is InChI=1S/C26H32N6O5S.C20H22N6O3S.C15H16ClN3O.C8H13NO4.C7H10N2O2S.C6H10O4.C4H8N2O3.C3H6O2.H4N2.H2O/c1-7-35-24(33)23-31-30-22(38-23)13-32(25(34)37-26(4,5)6)20-11-21(29-16(3)28-20)36-14-17-10-18(17)19-9-8-15(2)12-27-19;1-11-4-5-15(21-8-11)14-6-13(14)10-29-17-7-16(23-12(2)24-17)22-9-18-25-26-19(30-18)20(27)28-3;1-9-3-4-13(17-7-9)12-5-11(12)8-20-15-6-14(16)18-10(2)19-15;1-3-6(10)5-9-7(11)8(12)13-4-2;1-3-5-8-9-6(12-5)7(10)11-4-2;1-3-9-5(7)6(8)10-4-2;1-2-9-4(8)3(7)6-5;1-2-3(4)5;1-2;/h8-9,11-12,17-18H,7,10,13-14H2,1-6H3;4-5,7-8,13-14H,6,9-10H2,1-3H3,(H,22,23,24);3-4,6-7,11-12H,5,8H2,1-2H3;3-5H2,1-2H3,(H,9,11);3-4H2,1-2H3;3-4H2,1-2H3;2,5H2,1H3,(H,6,7);2H2,1H3,(H,4,5);1-2H2;1H2/t17-,18+;13-,14+;11-,12+;;;;;;;/m111......./s1.